The lowest BCUT2D eigenvalue weighted by Crippen LogP contribution is -2.38. The molecule has 1 saturated heterocycles. The number of aromatic nitrogens is 3. The molecule has 1 saturated carbocycles. The number of likely N-dealkylation sites (tertiary alicyclic amines) is 1. The van der Waals surface area contributed by atoms with Crippen molar-refractivity contribution in [2.45, 2.75) is 44.4 Å². The summed E-state index contributed by atoms with van der Waals surface area (Å²) in [5.41, 5.74) is 1.71. The van der Waals surface area contributed by atoms with Crippen molar-refractivity contribution < 1.29 is 9.53 Å². The molecule has 6 heteroatoms. The fourth-order valence-corrected chi connectivity index (χ4v) is 3.52. The molecule has 1 N–H and O–H groups in total. The second kappa shape index (κ2) is 6.50. The van der Waals surface area contributed by atoms with Crippen LogP contribution in [-0.4, -0.2) is 46.2 Å². The molecule has 2 heterocycles. The van der Waals surface area contributed by atoms with Crippen LogP contribution < -0.4 is 4.74 Å². The van der Waals surface area contributed by atoms with Gasteiger partial charge >= 0.3 is 0 Å². The molecule has 2 aromatic rings. The molecule has 132 valence electrons. The number of benzene rings is 1. The number of H-pyrrole nitrogens is 1. The molecular formula is C19H24N4O2. The molecule has 1 aliphatic carbocycles. The number of rotatable bonds is 4. The van der Waals surface area contributed by atoms with E-state index in [1.807, 2.05) is 30.0 Å². The minimum Gasteiger partial charge on any atom is -0.497 e. The fraction of sp³-hybridized carbons (Fsp3) is 0.526. The lowest BCUT2D eigenvalue weighted by Gasteiger charge is -2.31. The van der Waals surface area contributed by atoms with E-state index in [2.05, 4.69) is 15.2 Å². The summed E-state index contributed by atoms with van der Waals surface area (Å²) in [6, 6.07) is 5.62. The van der Waals surface area contributed by atoms with Crippen LogP contribution in [0.25, 0.3) is 0 Å². The van der Waals surface area contributed by atoms with Crippen molar-refractivity contribution in [2.75, 3.05) is 20.2 Å². The quantitative estimate of drug-likeness (QED) is 0.929. The Hall–Kier alpha value is -2.37. The van der Waals surface area contributed by atoms with Crippen LogP contribution in [0, 0.1) is 6.92 Å². The summed E-state index contributed by atoms with van der Waals surface area (Å²) in [5, 5.41) is 7.47. The number of carbonyl (C=O) groups is 1. The number of nitrogens with zero attached hydrogens (tertiary/aromatic N) is 3. The van der Waals surface area contributed by atoms with Crippen LogP contribution in [0.2, 0.25) is 0 Å². The molecule has 1 aliphatic heterocycles. The molecule has 0 atom stereocenters. The maximum absolute atomic E-state index is 12.8. The zero-order valence-corrected chi connectivity index (χ0v) is 14.8. The van der Waals surface area contributed by atoms with Crippen LogP contribution in [0.3, 0.4) is 0 Å². The van der Waals surface area contributed by atoms with Crippen molar-refractivity contribution in [3.63, 3.8) is 0 Å². The van der Waals surface area contributed by atoms with E-state index in [0.717, 1.165) is 54.5 Å². The van der Waals surface area contributed by atoms with Crippen LogP contribution in [-0.2, 0) is 0 Å². The van der Waals surface area contributed by atoms with Gasteiger partial charge in [0.1, 0.15) is 11.6 Å². The van der Waals surface area contributed by atoms with Crippen LogP contribution in [0.5, 0.6) is 5.75 Å². The molecule has 25 heavy (non-hydrogen) atoms. The van der Waals surface area contributed by atoms with Gasteiger partial charge in [0.15, 0.2) is 5.82 Å². The molecule has 2 fully saturated rings. The topological polar surface area (TPSA) is 71.1 Å². The second-order valence-corrected chi connectivity index (χ2v) is 7.10. The van der Waals surface area contributed by atoms with Gasteiger partial charge < -0.3 is 9.64 Å². The van der Waals surface area contributed by atoms with Gasteiger partial charge in [0.05, 0.1) is 7.11 Å². The Kier molecular flexibility index (Phi) is 4.19. The van der Waals surface area contributed by atoms with Crippen LogP contribution in [0.15, 0.2) is 18.2 Å². The predicted molar refractivity (Wildman–Crippen MR) is 94.0 cm³/mol. The zero-order chi connectivity index (χ0) is 17.4. The predicted octanol–water partition coefficient (Wildman–Crippen LogP) is 3.02. The van der Waals surface area contributed by atoms with E-state index in [1.165, 1.54) is 12.8 Å². The SMILES string of the molecule is COc1ccc(C(=O)N2CCC(c3nc(C4CC4)n[nH]3)CC2)c(C)c1. The first-order valence-electron chi connectivity index (χ1n) is 9.02. The average Bonchev–Trinajstić information content (AvgIpc) is 3.38. The third kappa shape index (κ3) is 3.25. The minimum atomic E-state index is 0.106. The van der Waals surface area contributed by atoms with Crippen LogP contribution >= 0.6 is 0 Å². The summed E-state index contributed by atoms with van der Waals surface area (Å²) in [4.78, 5) is 19.4. The van der Waals surface area contributed by atoms with Gasteiger partial charge in [-0.3, -0.25) is 9.89 Å². The second-order valence-electron chi connectivity index (χ2n) is 7.10. The van der Waals surface area contributed by atoms with Crippen molar-refractivity contribution in [3.8, 4) is 5.75 Å². The van der Waals surface area contributed by atoms with Gasteiger partial charge in [0, 0.05) is 30.5 Å². The summed E-state index contributed by atoms with van der Waals surface area (Å²) in [6.45, 7) is 3.47. The van der Waals surface area contributed by atoms with Crippen LogP contribution in [0.4, 0.5) is 0 Å². The highest BCUT2D eigenvalue weighted by Crippen LogP contribution is 2.38. The van der Waals surface area contributed by atoms with Gasteiger partial charge in [-0.1, -0.05) is 0 Å². The number of aromatic amines is 1. The van der Waals surface area contributed by atoms with E-state index < -0.39 is 0 Å². The third-order valence-corrected chi connectivity index (χ3v) is 5.30. The fourth-order valence-electron chi connectivity index (χ4n) is 3.52. The number of piperidine rings is 1. The highest BCUT2D eigenvalue weighted by atomic mass is 16.5. The molecule has 4 rings (SSSR count). The van der Waals surface area contributed by atoms with Gasteiger partial charge in [0.25, 0.3) is 5.91 Å². The monoisotopic (exact) mass is 340 g/mol. The van der Waals surface area contributed by atoms with Crippen LogP contribution in [0.1, 0.15) is 65.1 Å². The summed E-state index contributed by atoms with van der Waals surface area (Å²) in [6.07, 6.45) is 4.29. The number of methoxy groups -OCH3 is 1. The van der Waals surface area contributed by atoms with Crippen molar-refractivity contribution in [2.24, 2.45) is 0 Å². The van der Waals surface area contributed by atoms with Crippen molar-refractivity contribution in [3.05, 3.63) is 41.0 Å². The van der Waals surface area contributed by atoms with E-state index in [4.69, 9.17) is 4.74 Å². The van der Waals surface area contributed by atoms with E-state index in [0.29, 0.717) is 11.8 Å². The molecule has 0 spiro atoms. The lowest BCUT2D eigenvalue weighted by molar-refractivity contribution is 0.0710. The number of hydrogen-bond acceptors (Lipinski definition) is 4. The molecule has 0 bridgehead atoms. The third-order valence-electron chi connectivity index (χ3n) is 5.30. The Labute approximate surface area is 147 Å². The Morgan fingerprint density at radius 3 is 2.60 bits per heavy atom. The Morgan fingerprint density at radius 2 is 1.96 bits per heavy atom. The first kappa shape index (κ1) is 16.1. The van der Waals surface area contributed by atoms with Crippen molar-refractivity contribution >= 4 is 5.91 Å². The van der Waals surface area contributed by atoms with Gasteiger partial charge in [-0.25, -0.2) is 4.98 Å². The number of ether oxygens (including phenoxy) is 1. The maximum atomic E-state index is 12.8. The number of carbonyl (C=O) groups excluding carboxylic acids is 1. The number of amides is 1. The maximum Gasteiger partial charge on any atom is 0.254 e. The standard InChI is InChI=1S/C19H24N4O2/c1-12-11-15(25-2)5-6-16(12)19(24)23-9-7-14(8-10-23)18-20-17(21-22-18)13-3-4-13/h5-6,11,13-14H,3-4,7-10H2,1-2H3,(H,20,21,22). The van der Waals surface area contributed by atoms with E-state index in [9.17, 15) is 4.79 Å². The highest BCUT2D eigenvalue weighted by molar-refractivity contribution is 5.95. The zero-order valence-electron chi connectivity index (χ0n) is 14.8. The molecule has 1 amide bonds. The lowest BCUT2D eigenvalue weighted by atomic mass is 9.95. The summed E-state index contributed by atoms with van der Waals surface area (Å²) in [7, 11) is 1.64. The Morgan fingerprint density at radius 1 is 1.20 bits per heavy atom. The summed E-state index contributed by atoms with van der Waals surface area (Å²) in [5.74, 6) is 3.81. The normalized spacial score (nSPS) is 18.4. The molecule has 1 aromatic carbocycles. The summed E-state index contributed by atoms with van der Waals surface area (Å²) >= 11 is 0. The first-order chi connectivity index (χ1) is 12.2. The highest BCUT2D eigenvalue weighted by Gasteiger charge is 2.31. The smallest absolute Gasteiger partial charge is 0.254 e. The largest absolute Gasteiger partial charge is 0.497 e. The van der Waals surface area contributed by atoms with E-state index >= 15 is 0 Å². The number of nitrogens with one attached hydrogen (secondary N) is 1. The van der Waals surface area contributed by atoms with Gasteiger partial charge in [0.2, 0.25) is 0 Å². The molecule has 6 nitrogen and oxygen atoms in total. The molecular weight excluding hydrogens is 316 g/mol. The molecule has 1 aromatic heterocycles. The Bertz CT molecular complexity index is 773. The van der Waals surface area contributed by atoms with Gasteiger partial charge in [-0.2, -0.15) is 5.10 Å². The molecule has 0 unspecified atom stereocenters. The van der Waals surface area contributed by atoms with Gasteiger partial charge in [-0.05, 0) is 56.4 Å². The van der Waals surface area contributed by atoms with Gasteiger partial charge in [-0.15, -0.1) is 0 Å². The minimum absolute atomic E-state index is 0.106. The molecule has 2 aliphatic rings. The van der Waals surface area contributed by atoms with E-state index in [1.54, 1.807) is 7.11 Å². The van der Waals surface area contributed by atoms with Crippen molar-refractivity contribution in [1.82, 2.24) is 20.1 Å². The van der Waals surface area contributed by atoms with Crippen molar-refractivity contribution in [1.29, 1.82) is 0 Å². The Balaban J connectivity index is 1.39. The summed E-state index contributed by atoms with van der Waals surface area (Å²) < 4.78 is 5.22. The first-order valence-corrected chi connectivity index (χ1v) is 9.02. The molecule has 0 radical (unpaired) electrons. The average molecular weight is 340 g/mol. The number of hydrogen-bond donors (Lipinski definition) is 1. The van der Waals surface area contributed by atoms with E-state index in [-0.39, 0.29) is 5.91 Å². The number of aryl methyl sites for hydroxylation is 1.